The molecule has 36 heavy (non-hydrogen) atoms. The van der Waals surface area contributed by atoms with E-state index in [1.807, 2.05) is 41.1 Å². The highest BCUT2D eigenvalue weighted by molar-refractivity contribution is 6.46. The Balaban J connectivity index is 1.59. The Hall–Kier alpha value is -3.29. The Morgan fingerprint density at radius 3 is 2.42 bits per heavy atom. The second-order valence-electron chi connectivity index (χ2n) is 8.00. The average Bonchev–Trinajstić information content (AvgIpc) is 3.18. The second kappa shape index (κ2) is 9.64. The molecule has 5 rings (SSSR count). The number of rotatable bonds is 4. The van der Waals surface area contributed by atoms with Crippen LogP contribution in [-0.2, 0) is 16.1 Å². The topological polar surface area (TPSA) is 71.4 Å². The van der Waals surface area contributed by atoms with Crippen LogP contribution < -0.4 is 10.2 Å². The van der Waals surface area contributed by atoms with Crippen molar-refractivity contribution in [2.75, 3.05) is 4.90 Å². The number of nitrogens with one attached hydrogen (secondary N) is 1. The number of halogens is 4. The number of para-hydroxylation sites is 1. The Kier molecular flexibility index (Phi) is 6.53. The first kappa shape index (κ1) is 24.4. The predicted octanol–water partition coefficient (Wildman–Crippen LogP) is 6.97. The third-order valence-electron chi connectivity index (χ3n) is 5.75. The zero-order valence-corrected chi connectivity index (χ0v) is 21.3. The molecule has 0 bridgehead atoms. The van der Waals surface area contributed by atoms with Gasteiger partial charge in [0.25, 0.3) is 11.8 Å². The Morgan fingerprint density at radius 2 is 1.64 bits per heavy atom. The molecule has 1 aromatic heterocycles. The minimum absolute atomic E-state index is 0.0211. The van der Waals surface area contributed by atoms with Gasteiger partial charge in [-0.3, -0.25) is 14.9 Å². The molecule has 1 saturated heterocycles. The molecule has 1 fully saturated rings. The van der Waals surface area contributed by atoms with Gasteiger partial charge in [0, 0.05) is 39.3 Å². The highest BCUT2D eigenvalue weighted by Crippen LogP contribution is 2.35. The first-order valence-electron chi connectivity index (χ1n) is 10.6. The van der Waals surface area contributed by atoms with Crippen LogP contribution >= 0.6 is 46.4 Å². The van der Waals surface area contributed by atoms with Gasteiger partial charge in [-0.1, -0.05) is 76.7 Å². The molecule has 4 amide bonds. The van der Waals surface area contributed by atoms with E-state index in [9.17, 15) is 14.4 Å². The van der Waals surface area contributed by atoms with E-state index in [0.29, 0.717) is 22.2 Å². The lowest BCUT2D eigenvalue weighted by Gasteiger charge is -2.27. The summed E-state index contributed by atoms with van der Waals surface area (Å²) < 4.78 is 1.96. The van der Waals surface area contributed by atoms with Crippen molar-refractivity contribution in [3.05, 3.63) is 104 Å². The van der Waals surface area contributed by atoms with Crippen LogP contribution in [0.1, 0.15) is 11.1 Å². The Labute approximate surface area is 225 Å². The number of aromatic nitrogens is 1. The molecule has 0 radical (unpaired) electrons. The van der Waals surface area contributed by atoms with Gasteiger partial charge in [0.05, 0.1) is 15.7 Å². The van der Waals surface area contributed by atoms with Gasteiger partial charge in [-0.2, -0.15) is 0 Å². The summed E-state index contributed by atoms with van der Waals surface area (Å²) >= 11 is 24.7. The lowest BCUT2D eigenvalue weighted by molar-refractivity contribution is -0.122. The molecule has 0 unspecified atom stereocenters. The second-order valence-corrected chi connectivity index (χ2v) is 9.62. The van der Waals surface area contributed by atoms with Crippen LogP contribution in [0, 0.1) is 0 Å². The summed E-state index contributed by atoms with van der Waals surface area (Å²) in [6.45, 7) is 0.433. The van der Waals surface area contributed by atoms with Crippen LogP contribution in [0.5, 0.6) is 0 Å². The van der Waals surface area contributed by atoms with E-state index in [2.05, 4.69) is 5.32 Å². The zero-order valence-electron chi connectivity index (χ0n) is 18.3. The number of carbonyl (C=O) groups excluding carboxylic acids is 3. The maximum Gasteiger partial charge on any atom is 0.336 e. The first-order valence-corrected chi connectivity index (χ1v) is 12.1. The number of hydrogen-bond acceptors (Lipinski definition) is 3. The monoisotopic (exact) mass is 557 g/mol. The van der Waals surface area contributed by atoms with Crippen LogP contribution in [0.25, 0.3) is 17.0 Å². The van der Waals surface area contributed by atoms with Crippen molar-refractivity contribution in [1.29, 1.82) is 0 Å². The van der Waals surface area contributed by atoms with Crippen molar-refractivity contribution in [3.63, 3.8) is 0 Å². The van der Waals surface area contributed by atoms with E-state index in [-0.39, 0.29) is 21.3 Å². The number of nitrogens with zero attached hydrogens (tertiary/aromatic N) is 2. The van der Waals surface area contributed by atoms with E-state index in [1.54, 1.807) is 18.2 Å². The fraction of sp³-hybridized carbons (Fsp3) is 0.0385. The van der Waals surface area contributed by atoms with Crippen LogP contribution in [0.3, 0.4) is 0 Å². The Morgan fingerprint density at radius 1 is 0.861 bits per heavy atom. The largest absolute Gasteiger partial charge is 0.342 e. The summed E-state index contributed by atoms with van der Waals surface area (Å²) in [4.78, 5) is 39.4. The fourth-order valence-corrected chi connectivity index (χ4v) is 4.90. The summed E-state index contributed by atoms with van der Waals surface area (Å²) in [5.41, 5.74) is 2.17. The molecule has 3 aromatic carbocycles. The van der Waals surface area contributed by atoms with Crippen LogP contribution in [0.4, 0.5) is 10.5 Å². The summed E-state index contributed by atoms with van der Waals surface area (Å²) in [5.74, 6) is -1.62. The molecule has 6 nitrogen and oxygen atoms in total. The van der Waals surface area contributed by atoms with Crippen LogP contribution in [0.15, 0.2) is 72.4 Å². The minimum Gasteiger partial charge on any atom is -0.342 e. The van der Waals surface area contributed by atoms with Crippen molar-refractivity contribution < 1.29 is 14.4 Å². The average molecular weight is 559 g/mol. The SMILES string of the molecule is O=C1NC(=O)N(c2cccc(Cl)c2Cl)C(=O)/C1=C/c1cn(Cc2ccc(Cl)cc2Cl)c2ccccc12. The molecule has 0 saturated carbocycles. The number of urea groups is 1. The van der Waals surface area contributed by atoms with Crippen molar-refractivity contribution in [1.82, 2.24) is 9.88 Å². The van der Waals surface area contributed by atoms with Crippen molar-refractivity contribution >= 4 is 86.9 Å². The first-order chi connectivity index (χ1) is 17.2. The molecular weight excluding hydrogens is 544 g/mol. The zero-order chi connectivity index (χ0) is 25.6. The molecule has 180 valence electrons. The maximum absolute atomic E-state index is 13.4. The van der Waals surface area contributed by atoms with E-state index in [1.165, 1.54) is 18.2 Å². The van der Waals surface area contributed by atoms with Crippen molar-refractivity contribution in [2.24, 2.45) is 0 Å². The lowest BCUT2D eigenvalue weighted by atomic mass is 10.1. The molecule has 0 spiro atoms. The number of barbiturate groups is 1. The van der Waals surface area contributed by atoms with Gasteiger partial charge in [0.15, 0.2) is 0 Å². The maximum atomic E-state index is 13.4. The number of amides is 4. The molecular formula is C26H15Cl4N3O3. The summed E-state index contributed by atoms with van der Waals surface area (Å²) in [5, 5.41) is 4.25. The lowest BCUT2D eigenvalue weighted by Crippen LogP contribution is -2.54. The van der Waals surface area contributed by atoms with E-state index >= 15 is 0 Å². The molecule has 0 aliphatic carbocycles. The fourth-order valence-electron chi connectivity index (χ4n) is 4.05. The highest BCUT2D eigenvalue weighted by Gasteiger charge is 2.38. The predicted molar refractivity (Wildman–Crippen MR) is 143 cm³/mol. The quantitative estimate of drug-likeness (QED) is 0.217. The number of fused-ring (bicyclic) bond motifs is 1. The van der Waals surface area contributed by atoms with Gasteiger partial charge in [-0.25, -0.2) is 9.69 Å². The van der Waals surface area contributed by atoms with Gasteiger partial charge < -0.3 is 4.57 Å². The van der Waals surface area contributed by atoms with E-state index in [0.717, 1.165) is 21.4 Å². The van der Waals surface area contributed by atoms with Gasteiger partial charge in [0.1, 0.15) is 5.57 Å². The normalized spacial score (nSPS) is 15.2. The summed E-state index contributed by atoms with van der Waals surface area (Å²) in [6.07, 6.45) is 3.27. The van der Waals surface area contributed by atoms with Gasteiger partial charge in [0.2, 0.25) is 0 Å². The number of benzene rings is 3. The molecule has 1 aliphatic heterocycles. The van der Waals surface area contributed by atoms with Crippen molar-refractivity contribution in [2.45, 2.75) is 6.54 Å². The molecule has 2 heterocycles. The van der Waals surface area contributed by atoms with E-state index < -0.39 is 17.8 Å². The van der Waals surface area contributed by atoms with Gasteiger partial charge >= 0.3 is 6.03 Å². The van der Waals surface area contributed by atoms with E-state index in [4.69, 9.17) is 46.4 Å². The number of hydrogen-bond donors (Lipinski definition) is 1. The summed E-state index contributed by atoms with van der Waals surface area (Å²) in [7, 11) is 0. The summed E-state index contributed by atoms with van der Waals surface area (Å²) in [6, 6.07) is 16.5. The molecule has 10 heteroatoms. The molecule has 4 aromatic rings. The number of anilines is 1. The Bertz CT molecular complexity index is 1610. The van der Waals surface area contributed by atoms with Gasteiger partial charge in [-0.15, -0.1) is 0 Å². The van der Waals surface area contributed by atoms with Crippen LogP contribution in [0.2, 0.25) is 20.1 Å². The van der Waals surface area contributed by atoms with Gasteiger partial charge in [-0.05, 0) is 42.0 Å². The molecule has 1 aliphatic rings. The number of imide groups is 2. The molecule has 0 atom stereocenters. The number of carbonyl (C=O) groups is 3. The minimum atomic E-state index is -0.911. The highest BCUT2D eigenvalue weighted by atomic mass is 35.5. The third kappa shape index (κ3) is 4.38. The van der Waals surface area contributed by atoms with Crippen molar-refractivity contribution in [3.8, 4) is 0 Å². The smallest absolute Gasteiger partial charge is 0.336 e. The standard InChI is InChI=1S/C26H15Cl4N3O3/c27-16-9-8-14(20(29)11-16)12-32-13-15(17-4-1-2-6-21(17)32)10-18-24(34)31-26(36)33(25(18)35)22-7-3-5-19(28)23(22)30/h1-11,13H,12H2,(H,31,34,36)/b18-10+. The third-order valence-corrected chi connectivity index (χ3v) is 7.14. The molecule has 1 N–H and O–H groups in total. The van der Waals surface area contributed by atoms with Crippen LogP contribution in [-0.4, -0.2) is 22.4 Å².